The van der Waals surface area contributed by atoms with E-state index in [1.165, 1.54) is 9.21 Å². The van der Waals surface area contributed by atoms with Gasteiger partial charge in [-0.2, -0.15) is 0 Å². The topological polar surface area (TPSA) is 86.8 Å². The molecule has 0 heterocycles. The first kappa shape index (κ1) is 30.9. The van der Waals surface area contributed by atoms with Gasteiger partial charge in [0.05, 0.1) is 11.9 Å². The van der Waals surface area contributed by atoms with E-state index in [1.54, 1.807) is 30.3 Å². The number of hydrogen-bond donors (Lipinski definition) is 1. The van der Waals surface area contributed by atoms with Crippen molar-refractivity contribution < 1.29 is 18.0 Å². The summed E-state index contributed by atoms with van der Waals surface area (Å²) in [6, 6.07) is 11.6. The molecule has 0 aliphatic rings. The summed E-state index contributed by atoms with van der Waals surface area (Å²) in [5, 5.41) is 3.82. The molecule has 7 nitrogen and oxygen atoms in total. The van der Waals surface area contributed by atoms with Gasteiger partial charge in [-0.05, 0) is 56.0 Å². The fourth-order valence-electron chi connectivity index (χ4n) is 3.97. The van der Waals surface area contributed by atoms with Crippen molar-refractivity contribution in [2.75, 3.05) is 23.7 Å². The molecule has 0 aliphatic heterocycles. The number of carbonyl (C=O) groups is 2. The lowest BCUT2D eigenvalue weighted by Crippen LogP contribution is -2.49. The molecule has 2 aromatic carbocycles. The Morgan fingerprint density at radius 3 is 2.27 bits per heavy atom. The third-order valence-corrected chi connectivity index (χ3v) is 7.83. The maximum atomic E-state index is 13.5. The summed E-state index contributed by atoms with van der Waals surface area (Å²) in [5.41, 5.74) is 2.25. The number of amides is 2. The van der Waals surface area contributed by atoms with Gasteiger partial charge in [0.1, 0.15) is 6.04 Å². The van der Waals surface area contributed by atoms with Crippen LogP contribution in [0.2, 0.25) is 10.0 Å². The van der Waals surface area contributed by atoms with Crippen LogP contribution >= 0.6 is 23.2 Å². The average Bonchev–Trinajstić information content (AvgIpc) is 2.83. The highest BCUT2D eigenvalue weighted by Gasteiger charge is 2.29. The summed E-state index contributed by atoms with van der Waals surface area (Å²) in [5.74, 6) is -0.465. The monoisotopic (exact) mass is 569 g/mol. The van der Waals surface area contributed by atoms with Gasteiger partial charge in [-0.3, -0.25) is 13.9 Å². The molecular weight excluding hydrogens is 533 g/mol. The number of halogens is 2. The molecule has 0 saturated heterocycles. The van der Waals surface area contributed by atoms with Gasteiger partial charge in [-0.25, -0.2) is 8.42 Å². The summed E-state index contributed by atoms with van der Waals surface area (Å²) in [6.45, 7) is 6.65. The van der Waals surface area contributed by atoms with Crippen molar-refractivity contribution in [1.82, 2.24) is 10.2 Å². The van der Waals surface area contributed by atoms with Crippen LogP contribution in [0.15, 0.2) is 42.5 Å². The maximum absolute atomic E-state index is 13.5. The van der Waals surface area contributed by atoms with E-state index in [0.717, 1.165) is 24.7 Å². The number of nitrogens with one attached hydrogen (secondary N) is 1. The van der Waals surface area contributed by atoms with E-state index < -0.39 is 16.1 Å². The molecule has 0 bridgehead atoms. The third-order valence-electron chi connectivity index (χ3n) is 6.05. The minimum Gasteiger partial charge on any atom is -0.354 e. The maximum Gasteiger partial charge on any atom is 0.242 e. The second-order valence-electron chi connectivity index (χ2n) is 9.10. The predicted molar refractivity (Wildman–Crippen MR) is 152 cm³/mol. The van der Waals surface area contributed by atoms with Crippen molar-refractivity contribution in [2.45, 2.75) is 65.5 Å². The SMILES string of the molecule is CCCCNC(=O)[C@H](CC)N(Cc1ccc(Cl)cc1Cl)C(=O)CCCN(c1ccc(C)cc1)S(C)(=O)=O. The quantitative estimate of drug-likeness (QED) is 0.301. The van der Waals surface area contributed by atoms with Crippen LogP contribution in [0.1, 0.15) is 57.1 Å². The molecule has 2 aromatic rings. The van der Waals surface area contributed by atoms with Crippen LogP contribution in [0.3, 0.4) is 0 Å². The summed E-state index contributed by atoms with van der Waals surface area (Å²) < 4.78 is 26.2. The summed E-state index contributed by atoms with van der Waals surface area (Å²) in [6.07, 6.45) is 3.72. The average molecular weight is 571 g/mol. The molecule has 2 rings (SSSR count). The normalized spacial score (nSPS) is 12.2. The van der Waals surface area contributed by atoms with Crippen LogP contribution in [0.5, 0.6) is 0 Å². The molecule has 0 aromatic heterocycles. The zero-order chi connectivity index (χ0) is 27.6. The number of rotatable bonds is 14. The van der Waals surface area contributed by atoms with Crippen LogP contribution in [-0.2, 0) is 26.2 Å². The van der Waals surface area contributed by atoms with Gasteiger partial charge in [0.25, 0.3) is 0 Å². The molecule has 0 spiro atoms. The lowest BCUT2D eigenvalue weighted by molar-refractivity contribution is -0.141. The Labute approximate surface area is 231 Å². The Bertz CT molecular complexity index is 1160. The first-order valence-electron chi connectivity index (χ1n) is 12.5. The molecule has 1 N–H and O–H groups in total. The molecule has 0 unspecified atom stereocenters. The van der Waals surface area contributed by atoms with E-state index in [2.05, 4.69) is 5.32 Å². The van der Waals surface area contributed by atoms with Crippen LogP contribution < -0.4 is 9.62 Å². The first-order valence-corrected chi connectivity index (χ1v) is 15.1. The third kappa shape index (κ3) is 9.51. The summed E-state index contributed by atoms with van der Waals surface area (Å²) >= 11 is 12.4. The number of sulfonamides is 1. The van der Waals surface area contributed by atoms with Crippen molar-refractivity contribution in [2.24, 2.45) is 0 Å². The minimum atomic E-state index is -3.54. The molecular formula is C27H37Cl2N3O4S. The fourth-order valence-corrected chi connectivity index (χ4v) is 5.41. The highest BCUT2D eigenvalue weighted by Crippen LogP contribution is 2.25. The Morgan fingerprint density at radius 2 is 1.70 bits per heavy atom. The number of carbonyl (C=O) groups excluding carboxylic acids is 2. The van der Waals surface area contributed by atoms with Gasteiger partial charge < -0.3 is 10.2 Å². The molecule has 10 heteroatoms. The second kappa shape index (κ2) is 14.6. The minimum absolute atomic E-state index is 0.0713. The fraction of sp³-hybridized carbons (Fsp3) is 0.481. The molecule has 37 heavy (non-hydrogen) atoms. The van der Waals surface area contributed by atoms with Crippen molar-refractivity contribution in [3.05, 3.63) is 63.6 Å². The lowest BCUT2D eigenvalue weighted by Gasteiger charge is -2.31. The zero-order valence-electron chi connectivity index (χ0n) is 22.0. The largest absolute Gasteiger partial charge is 0.354 e. The van der Waals surface area contributed by atoms with Gasteiger partial charge in [0.2, 0.25) is 21.8 Å². The highest BCUT2D eigenvalue weighted by atomic mass is 35.5. The lowest BCUT2D eigenvalue weighted by atomic mass is 10.1. The van der Waals surface area contributed by atoms with Crippen LogP contribution in [0.25, 0.3) is 0 Å². The van der Waals surface area contributed by atoms with Crippen molar-refractivity contribution >= 4 is 50.7 Å². The van der Waals surface area contributed by atoms with Gasteiger partial charge in [0.15, 0.2) is 0 Å². The first-order chi connectivity index (χ1) is 17.5. The zero-order valence-corrected chi connectivity index (χ0v) is 24.3. The Hall–Kier alpha value is -2.29. The number of benzene rings is 2. The molecule has 0 radical (unpaired) electrons. The van der Waals surface area contributed by atoms with Crippen molar-refractivity contribution in [1.29, 1.82) is 0 Å². The van der Waals surface area contributed by atoms with E-state index >= 15 is 0 Å². The van der Waals surface area contributed by atoms with Gasteiger partial charge in [-0.15, -0.1) is 0 Å². The second-order valence-corrected chi connectivity index (χ2v) is 11.9. The van der Waals surface area contributed by atoms with Gasteiger partial charge in [0, 0.05) is 36.1 Å². The molecule has 0 fully saturated rings. The molecule has 1 atom stereocenters. The molecule has 2 amide bonds. The van der Waals surface area contributed by atoms with Crippen LogP contribution in [0.4, 0.5) is 5.69 Å². The standard InChI is InChI=1S/C27H37Cl2N3O4S/c1-5-7-16-30-27(34)25(6-2)31(19-21-12-13-22(28)18-24(21)29)26(33)9-8-17-32(37(4,35)36)23-14-10-20(3)11-15-23/h10-15,18,25H,5-9,16-17,19H2,1-4H3,(H,30,34)/t25-/m0/s1. The van der Waals surface area contributed by atoms with E-state index in [1.807, 2.05) is 32.9 Å². The van der Waals surface area contributed by atoms with Crippen LogP contribution in [-0.4, -0.2) is 50.5 Å². The van der Waals surface area contributed by atoms with Gasteiger partial charge >= 0.3 is 0 Å². The van der Waals surface area contributed by atoms with Crippen molar-refractivity contribution in [3.63, 3.8) is 0 Å². The predicted octanol–water partition coefficient (Wildman–Crippen LogP) is 5.57. The van der Waals surface area contributed by atoms with E-state index in [-0.39, 0.29) is 31.3 Å². The van der Waals surface area contributed by atoms with Gasteiger partial charge in [-0.1, -0.05) is 67.2 Å². The molecule has 204 valence electrons. The van der Waals surface area contributed by atoms with E-state index in [0.29, 0.717) is 40.7 Å². The van der Waals surface area contributed by atoms with E-state index in [4.69, 9.17) is 23.2 Å². The Balaban J connectivity index is 2.22. The molecule has 0 aliphatic carbocycles. The number of aryl methyl sites for hydroxylation is 1. The number of anilines is 1. The summed E-state index contributed by atoms with van der Waals surface area (Å²) in [7, 11) is -3.54. The number of nitrogens with zero attached hydrogens (tertiary/aromatic N) is 2. The summed E-state index contributed by atoms with van der Waals surface area (Å²) in [4.78, 5) is 28.0. The Morgan fingerprint density at radius 1 is 1.03 bits per heavy atom. The van der Waals surface area contributed by atoms with E-state index in [9.17, 15) is 18.0 Å². The smallest absolute Gasteiger partial charge is 0.242 e. The number of unbranched alkanes of at least 4 members (excludes halogenated alkanes) is 1. The molecule has 0 saturated carbocycles. The highest BCUT2D eigenvalue weighted by molar-refractivity contribution is 7.92. The Kier molecular flexibility index (Phi) is 12.2. The van der Waals surface area contributed by atoms with Crippen LogP contribution in [0, 0.1) is 6.92 Å². The van der Waals surface area contributed by atoms with Crippen molar-refractivity contribution in [3.8, 4) is 0 Å². The number of hydrogen-bond acceptors (Lipinski definition) is 4.